The highest BCUT2D eigenvalue weighted by Crippen LogP contribution is 2.22. The van der Waals surface area contributed by atoms with E-state index in [1.807, 2.05) is 36.2 Å². The normalized spacial score (nSPS) is 13.5. The summed E-state index contributed by atoms with van der Waals surface area (Å²) in [6.07, 6.45) is -0.748. The summed E-state index contributed by atoms with van der Waals surface area (Å²) in [4.78, 5) is 1.86. The Morgan fingerprint density at radius 3 is 2.20 bits per heavy atom. The van der Waals surface area contributed by atoms with Crippen LogP contribution in [0.15, 0.2) is 48.5 Å². The van der Waals surface area contributed by atoms with Crippen molar-refractivity contribution in [3.05, 3.63) is 59.9 Å². The van der Waals surface area contributed by atoms with Crippen LogP contribution in [0.4, 0.5) is 4.39 Å². The van der Waals surface area contributed by atoms with E-state index in [-0.39, 0.29) is 25.1 Å². The molecule has 5 nitrogen and oxygen atoms in total. The molecule has 6 heteroatoms. The molecule has 0 fully saturated rings. The molecule has 0 saturated heterocycles. The first kappa shape index (κ1) is 19.2. The minimum absolute atomic E-state index is 0.0750. The van der Waals surface area contributed by atoms with E-state index in [0.717, 1.165) is 11.3 Å². The van der Waals surface area contributed by atoms with Crippen LogP contribution in [-0.2, 0) is 0 Å². The zero-order chi connectivity index (χ0) is 18.2. The molecular formula is C19H24FNO4. The number of halogens is 1. The van der Waals surface area contributed by atoms with Crippen molar-refractivity contribution in [2.24, 2.45) is 0 Å². The highest BCUT2D eigenvalue weighted by Gasteiger charge is 2.19. The van der Waals surface area contributed by atoms with Gasteiger partial charge in [0.05, 0.1) is 19.8 Å². The molecule has 0 radical (unpaired) electrons. The molecule has 0 aliphatic carbocycles. The van der Waals surface area contributed by atoms with Crippen molar-refractivity contribution < 1.29 is 24.1 Å². The van der Waals surface area contributed by atoms with Gasteiger partial charge in [0.1, 0.15) is 30.0 Å². The van der Waals surface area contributed by atoms with E-state index >= 15 is 0 Å². The Kier molecular flexibility index (Phi) is 7.18. The fourth-order valence-electron chi connectivity index (χ4n) is 2.56. The average Bonchev–Trinajstić information content (AvgIpc) is 2.62. The second-order valence-corrected chi connectivity index (χ2v) is 5.83. The van der Waals surface area contributed by atoms with Crippen molar-refractivity contribution in [2.45, 2.75) is 12.1 Å². The molecule has 2 rings (SSSR count). The third-order valence-electron chi connectivity index (χ3n) is 3.96. The van der Waals surface area contributed by atoms with Gasteiger partial charge < -0.3 is 19.7 Å². The molecule has 0 amide bonds. The number of benzene rings is 2. The first-order chi connectivity index (χ1) is 12.0. The maximum absolute atomic E-state index is 12.9. The number of likely N-dealkylation sites (N-methyl/N-ethyl adjacent to an activating group) is 1. The van der Waals surface area contributed by atoms with Gasteiger partial charge in [-0.1, -0.05) is 12.1 Å². The molecule has 0 aliphatic rings. The van der Waals surface area contributed by atoms with Crippen LogP contribution in [0, 0.1) is 5.82 Å². The van der Waals surface area contributed by atoms with Crippen LogP contribution in [-0.4, -0.2) is 55.1 Å². The highest BCUT2D eigenvalue weighted by atomic mass is 19.1. The second-order valence-electron chi connectivity index (χ2n) is 5.83. The van der Waals surface area contributed by atoms with Gasteiger partial charge in [0.25, 0.3) is 0 Å². The van der Waals surface area contributed by atoms with Crippen molar-refractivity contribution in [1.29, 1.82) is 0 Å². The van der Waals surface area contributed by atoms with Crippen molar-refractivity contribution in [3.63, 3.8) is 0 Å². The second kappa shape index (κ2) is 9.36. The van der Waals surface area contributed by atoms with E-state index < -0.39 is 6.10 Å². The predicted octanol–water partition coefficient (Wildman–Crippen LogP) is 2.24. The number of methoxy groups -OCH3 is 1. The van der Waals surface area contributed by atoms with E-state index in [1.165, 1.54) is 24.3 Å². The van der Waals surface area contributed by atoms with Gasteiger partial charge >= 0.3 is 0 Å². The lowest BCUT2D eigenvalue weighted by Crippen LogP contribution is -2.36. The quantitative estimate of drug-likeness (QED) is 0.727. The van der Waals surface area contributed by atoms with Gasteiger partial charge in [-0.05, 0) is 49.0 Å². The molecule has 2 N–H and O–H groups in total. The smallest absolute Gasteiger partial charge is 0.123 e. The number of ether oxygens (including phenoxy) is 2. The summed E-state index contributed by atoms with van der Waals surface area (Å²) >= 11 is 0. The van der Waals surface area contributed by atoms with Gasteiger partial charge in [0.15, 0.2) is 0 Å². The van der Waals surface area contributed by atoms with Crippen LogP contribution in [0.1, 0.15) is 11.6 Å². The first-order valence-corrected chi connectivity index (χ1v) is 8.05. The van der Waals surface area contributed by atoms with Crippen LogP contribution in [0.5, 0.6) is 11.5 Å². The molecule has 25 heavy (non-hydrogen) atoms. The molecule has 0 aliphatic heterocycles. The minimum Gasteiger partial charge on any atom is -0.497 e. The molecule has 0 aromatic heterocycles. The summed E-state index contributed by atoms with van der Waals surface area (Å²) in [5.41, 5.74) is 0.928. The largest absolute Gasteiger partial charge is 0.497 e. The highest BCUT2D eigenvalue weighted by molar-refractivity contribution is 5.29. The Bertz CT molecular complexity index is 633. The zero-order valence-electron chi connectivity index (χ0n) is 14.4. The molecule has 0 unspecified atom stereocenters. The molecule has 0 bridgehead atoms. The average molecular weight is 349 g/mol. The molecule has 136 valence electrons. The lowest BCUT2D eigenvalue weighted by Gasteiger charge is -2.28. The number of rotatable bonds is 9. The summed E-state index contributed by atoms with van der Waals surface area (Å²) in [6, 6.07) is 12.8. The summed E-state index contributed by atoms with van der Waals surface area (Å²) in [6.45, 7) is 0.323. The zero-order valence-corrected chi connectivity index (χ0v) is 14.4. The minimum atomic E-state index is -0.748. The van der Waals surface area contributed by atoms with Crippen LogP contribution >= 0.6 is 0 Å². The van der Waals surface area contributed by atoms with E-state index in [9.17, 15) is 14.6 Å². The van der Waals surface area contributed by atoms with Gasteiger partial charge in [-0.2, -0.15) is 0 Å². The summed E-state index contributed by atoms with van der Waals surface area (Å²) < 4.78 is 23.4. The molecule has 2 aromatic rings. The molecule has 0 spiro atoms. The third-order valence-corrected chi connectivity index (χ3v) is 3.96. The van der Waals surface area contributed by atoms with Crippen LogP contribution in [0.3, 0.4) is 0 Å². The molecular weight excluding hydrogens is 325 g/mol. The van der Waals surface area contributed by atoms with Crippen molar-refractivity contribution in [1.82, 2.24) is 4.90 Å². The Labute approximate surface area is 147 Å². The Morgan fingerprint density at radius 1 is 1.04 bits per heavy atom. The van der Waals surface area contributed by atoms with Crippen LogP contribution in [0.2, 0.25) is 0 Å². The Balaban J connectivity index is 1.88. The predicted molar refractivity (Wildman–Crippen MR) is 93.4 cm³/mol. The van der Waals surface area contributed by atoms with Crippen molar-refractivity contribution in [3.8, 4) is 11.5 Å². The number of hydrogen-bond donors (Lipinski definition) is 2. The fourth-order valence-corrected chi connectivity index (χ4v) is 2.56. The van der Waals surface area contributed by atoms with Gasteiger partial charge in [0, 0.05) is 6.54 Å². The Morgan fingerprint density at radius 2 is 1.64 bits per heavy atom. The molecule has 2 aromatic carbocycles. The topological polar surface area (TPSA) is 62.2 Å². The number of hydrogen-bond acceptors (Lipinski definition) is 5. The van der Waals surface area contributed by atoms with E-state index in [2.05, 4.69) is 0 Å². The third kappa shape index (κ3) is 5.70. The summed E-state index contributed by atoms with van der Waals surface area (Å²) in [7, 11) is 3.42. The lowest BCUT2D eigenvalue weighted by molar-refractivity contribution is 0.0500. The van der Waals surface area contributed by atoms with Gasteiger partial charge in [-0.25, -0.2) is 4.39 Å². The summed E-state index contributed by atoms with van der Waals surface area (Å²) in [5, 5.41) is 19.9. The van der Waals surface area contributed by atoms with Crippen molar-refractivity contribution >= 4 is 0 Å². The van der Waals surface area contributed by atoms with Crippen LogP contribution in [0.25, 0.3) is 0 Å². The fraction of sp³-hybridized carbons (Fsp3) is 0.368. The summed E-state index contributed by atoms with van der Waals surface area (Å²) in [5.74, 6) is 0.908. The first-order valence-electron chi connectivity index (χ1n) is 8.05. The standard InChI is InChI=1S/C19H24FNO4/c1-21(19(12-22)14-3-7-17(24-2)8-4-14)11-16(23)13-25-18-9-5-15(20)6-10-18/h3-10,16,19,22-23H,11-13H2,1-2H3/t16-,19-/m0/s1. The Hall–Kier alpha value is -2.15. The SMILES string of the molecule is COc1ccc([C@H](CO)N(C)C[C@H](O)COc2ccc(F)cc2)cc1. The van der Waals surface area contributed by atoms with Crippen molar-refractivity contribution in [2.75, 3.05) is 33.9 Å². The maximum atomic E-state index is 12.9. The van der Waals surface area contributed by atoms with Crippen LogP contribution < -0.4 is 9.47 Å². The molecule has 0 heterocycles. The number of aliphatic hydroxyl groups excluding tert-OH is 2. The van der Waals surface area contributed by atoms with Gasteiger partial charge in [0.2, 0.25) is 0 Å². The maximum Gasteiger partial charge on any atom is 0.123 e. The van der Waals surface area contributed by atoms with E-state index in [0.29, 0.717) is 12.3 Å². The lowest BCUT2D eigenvalue weighted by atomic mass is 10.1. The molecule has 0 saturated carbocycles. The number of nitrogens with zero attached hydrogens (tertiary/aromatic N) is 1. The number of aliphatic hydroxyl groups is 2. The van der Waals surface area contributed by atoms with Gasteiger partial charge in [-0.15, -0.1) is 0 Å². The molecule has 2 atom stereocenters. The monoisotopic (exact) mass is 349 g/mol. The van der Waals surface area contributed by atoms with E-state index in [1.54, 1.807) is 7.11 Å². The van der Waals surface area contributed by atoms with Gasteiger partial charge in [-0.3, -0.25) is 4.90 Å². The van der Waals surface area contributed by atoms with E-state index in [4.69, 9.17) is 9.47 Å².